The Morgan fingerprint density at radius 2 is 1.77 bits per heavy atom. The van der Waals surface area contributed by atoms with Gasteiger partial charge in [-0.15, -0.1) is 0 Å². The molecule has 2 rings (SSSR count). The SMILES string of the molecule is C[C@@H]1CN([C@@H](NC(=O)c2ccccc2)C(Cl)(Cl)Cl)C[C@@H](C)O1. The fourth-order valence-electron chi connectivity index (χ4n) is 2.61. The number of ether oxygens (including phenoxy) is 1. The van der Waals surface area contributed by atoms with Gasteiger partial charge in [0.2, 0.25) is 3.79 Å². The zero-order valence-corrected chi connectivity index (χ0v) is 14.7. The molecule has 0 spiro atoms. The summed E-state index contributed by atoms with van der Waals surface area (Å²) in [6.45, 7) is 5.07. The Hall–Kier alpha value is -0.520. The fraction of sp³-hybridized carbons (Fsp3) is 0.533. The van der Waals surface area contributed by atoms with Crippen molar-refractivity contribution in [3.05, 3.63) is 35.9 Å². The maximum Gasteiger partial charge on any atom is 0.252 e. The number of carbonyl (C=O) groups is 1. The average molecular weight is 366 g/mol. The molecule has 0 bridgehead atoms. The molecule has 1 heterocycles. The number of nitrogens with zero attached hydrogens (tertiary/aromatic N) is 1. The fourth-order valence-corrected chi connectivity index (χ4v) is 3.18. The topological polar surface area (TPSA) is 41.6 Å². The van der Waals surface area contributed by atoms with Crippen LogP contribution in [-0.2, 0) is 4.74 Å². The van der Waals surface area contributed by atoms with Gasteiger partial charge in [0.15, 0.2) is 0 Å². The number of amides is 1. The summed E-state index contributed by atoms with van der Waals surface area (Å²) >= 11 is 18.3. The quantitative estimate of drug-likeness (QED) is 0.836. The summed E-state index contributed by atoms with van der Waals surface area (Å²) in [4.78, 5) is 14.3. The van der Waals surface area contributed by atoms with Crippen molar-refractivity contribution in [2.75, 3.05) is 13.1 Å². The summed E-state index contributed by atoms with van der Waals surface area (Å²) in [5, 5.41) is 2.82. The summed E-state index contributed by atoms with van der Waals surface area (Å²) in [7, 11) is 0. The molecule has 4 nitrogen and oxygen atoms in total. The molecule has 1 N–H and O–H groups in total. The van der Waals surface area contributed by atoms with Crippen LogP contribution in [0.15, 0.2) is 30.3 Å². The molecule has 1 aliphatic rings. The zero-order valence-electron chi connectivity index (χ0n) is 12.4. The lowest BCUT2D eigenvalue weighted by atomic mass is 10.2. The van der Waals surface area contributed by atoms with Gasteiger partial charge in [-0.3, -0.25) is 9.69 Å². The van der Waals surface area contributed by atoms with Crippen LogP contribution in [0, 0.1) is 0 Å². The molecule has 1 fully saturated rings. The Balaban J connectivity index is 2.15. The van der Waals surface area contributed by atoms with Crippen LogP contribution in [0.3, 0.4) is 0 Å². The van der Waals surface area contributed by atoms with Crippen LogP contribution in [-0.4, -0.2) is 46.1 Å². The number of nitrogens with one attached hydrogen (secondary N) is 1. The van der Waals surface area contributed by atoms with Crippen LogP contribution < -0.4 is 5.32 Å². The van der Waals surface area contributed by atoms with Crippen molar-refractivity contribution in [1.82, 2.24) is 10.2 Å². The number of alkyl halides is 3. The first-order valence-electron chi connectivity index (χ1n) is 7.09. The number of hydrogen-bond donors (Lipinski definition) is 1. The third kappa shape index (κ3) is 4.74. The van der Waals surface area contributed by atoms with Gasteiger partial charge in [-0.2, -0.15) is 0 Å². The Morgan fingerprint density at radius 3 is 2.27 bits per heavy atom. The Kier molecular flexibility index (Phi) is 5.97. The Morgan fingerprint density at radius 1 is 1.23 bits per heavy atom. The lowest BCUT2D eigenvalue weighted by Crippen LogP contribution is -2.60. The van der Waals surface area contributed by atoms with Crippen LogP contribution in [0.1, 0.15) is 24.2 Å². The highest BCUT2D eigenvalue weighted by atomic mass is 35.6. The number of carbonyl (C=O) groups excluding carboxylic acids is 1. The lowest BCUT2D eigenvalue weighted by Gasteiger charge is -2.42. The minimum Gasteiger partial charge on any atom is -0.373 e. The molecule has 0 saturated carbocycles. The molecule has 1 amide bonds. The van der Waals surface area contributed by atoms with Crippen LogP contribution in [0.2, 0.25) is 0 Å². The summed E-state index contributed by atoms with van der Waals surface area (Å²) in [6, 6.07) is 8.86. The third-order valence-electron chi connectivity index (χ3n) is 3.43. The highest BCUT2D eigenvalue weighted by molar-refractivity contribution is 6.68. The summed E-state index contributed by atoms with van der Waals surface area (Å²) in [5.74, 6) is -0.274. The molecule has 0 radical (unpaired) electrons. The van der Waals surface area contributed by atoms with Crippen molar-refractivity contribution in [3.8, 4) is 0 Å². The van der Waals surface area contributed by atoms with E-state index in [2.05, 4.69) is 5.32 Å². The molecule has 22 heavy (non-hydrogen) atoms. The van der Waals surface area contributed by atoms with Gasteiger partial charge in [0.1, 0.15) is 6.17 Å². The van der Waals surface area contributed by atoms with Gasteiger partial charge >= 0.3 is 0 Å². The highest BCUT2D eigenvalue weighted by Gasteiger charge is 2.41. The summed E-state index contributed by atoms with van der Waals surface area (Å²) < 4.78 is 4.05. The second-order valence-corrected chi connectivity index (χ2v) is 7.86. The minimum absolute atomic E-state index is 0.00669. The molecular weight excluding hydrogens is 347 g/mol. The molecule has 1 aliphatic heterocycles. The van der Waals surface area contributed by atoms with Crippen molar-refractivity contribution in [2.24, 2.45) is 0 Å². The van der Waals surface area contributed by atoms with E-state index < -0.39 is 9.96 Å². The van der Waals surface area contributed by atoms with E-state index in [1.807, 2.05) is 24.8 Å². The van der Waals surface area contributed by atoms with E-state index in [-0.39, 0.29) is 18.1 Å². The predicted octanol–water partition coefficient (Wildman–Crippen LogP) is 3.22. The zero-order chi connectivity index (χ0) is 16.3. The van der Waals surface area contributed by atoms with E-state index in [9.17, 15) is 4.79 Å². The molecular formula is C15H19Cl3N2O2. The van der Waals surface area contributed by atoms with E-state index in [1.165, 1.54) is 0 Å². The number of morpholine rings is 1. The van der Waals surface area contributed by atoms with E-state index >= 15 is 0 Å². The molecule has 0 aliphatic carbocycles. The number of halogens is 3. The molecule has 1 aromatic carbocycles. The smallest absolute Gasteiger partial charge is 0.252 e. The Labute approximate surface area is 145 Å². The van der Waals surface area contributed by atoms with Gasteiger partial charge < -0.3 is 10.1 Å². The van der Waals surface area contributed by atoms with Crippen LogP contribution >= 0.6 is 34.8 Å². The molecule has 0 unspecified atom stereocenters. The van der Waals surface area contributed by atoms with Crippen molar-refractivity contribution >= 4 is 40.7 Å². The molecule has 3 atom stereocenters. The van der Waals surface area contributed by atoms with Gasteiger partial charge in [0.05, 0.1) is 12.2 Å². The standard InChI is InChI=1S/C15H19Cl3N2O2/c1-10-8-20(9-11(2)22-10)14(15(16,17)18)19-13(21)12-6-4-3-5-7-12/h3-7,10-11,14H,8-9H2,1-2H3,(H,19,21)/t10-,11-,14-/m1/s1. The van der Waals surface area contributed by atoms with Gasteiger partial charge in [-0.1, -0.05) is 53.0 Å². The van der Waals surface area contributed by atoms with Crippen LogP contribution in [0.25, 0.3) is 0 Å². The third-order valence-corrected chi connectivity index (χ3v) is 4.05. The van der Waals surface area contributed by atoms with Crippen LogP contribution in [0.5, 0.6) is 0 Å². The second kappa shape index (κ2) is 7.37. The maximum atomic E-state index is 12.4. The minimum atomic E-state index is -1.64. The first kappa shape index (κ1) is 17.8. The first-order chi connectivity index (χ1) is 10.3. The molecule has 1 aromatic rings. The van der Waals surface area contributed by atoms with Gasteiger partial charge in [-0.25, -0.2) is 0 Å². The van der Waals surface area contributed by atoms with Crippen molar-refractivity contribution in [3.63, 3.8) is 0 Å². The molecule has 1 saturated heterocycles. The molecule has 7 heteroatoms. The molecule has 0 aromatic heterocycles. The average Bonchev–Trinajstić information content (AvgIpc) is 2.43. The second-order valence-electron chi connectivity index (χ2n) is 5.49. The van der Waals surface area contributed by atoms with Gasteiger partial charge in [-0.05, 0) is 26.0 Å². The highest BCUT2D eigenvalue weighted by Crippen LogP contribution is 2.33. The number of rotatable bonds is 3. The lowest BCUT2D eigenvalue weighted by molar-refractivity contribution is -0.0826. The van der Waals surface area contributed by atoms with Gasteiger partial charge in [0.25, 0.3) is 5.91 Å². The normalized spacial score (nSPS) is 24.8. The van der Waals surface area contributed by atoms with E-state index in [0.29, 0.717) is 18.7 Å². The first-order valence-corrected chi connectivity index (χ1v) is 8.23. The molecule has 122 valence electrons. The summed E-state index contributed by atoms with van der Waals surface area (Å²) in [6.07, 6.45) is -0.710. The monoisotopic (exact) mass is 364 g/mol. The predicted molar refractivity (Wildman–Crippen MR) is 89.6 cm³/mol. The summed E-state index contributed by atoms with van der Waals surface area (Å²) in [5.41, 5.74) is 0.524. The van der Waals surface area contributed by atoms with Crippen molar-refractivity contribution < 1.29 is 9.53 Å². The van der Waals surface area contributed by atoms with E-state index in [4.69, 9.17) is 39.5 Å². The van der Waals surface area contributed by atoms with Crippen LogP contribution in [0.4, 0.5) is 0 Å². The van der Waals surface area contributed by atoms with Crippen molar-refractivity contribution in [2.45, 2.75) is 36.0 Å². The number of benzene rings is 1. The van der Waals surface area contributed by atoms with E-state index in [0.717, 1.165) is 0 Å². The maximum absolute atomic E-state index is 12.4. The number of hydrogen-bond acceptors (Lipinski definition) is 3. The van der Waals surface area contributed by atoms with Crippen molar-refractivity contribution in [1.29, 1.82) is 0 Å². The Bertz CT molecular complexity index is 497. The van der Waals surface area contributed by atoms with Gasteiger partial charge in [0, 0.05) is 18.7 Å². The largest absolute Gasteiger partial charge is 0.373 e. The van der Waals surface area contributed by atoms with E-state index in [1.54, 1.807) is 24.3 Å².